The Morgan fingerprint density at radius 3 is 2.47 bits per heavy atom. The lowest BCUT2D eigenvalue weighted by Gasteiger charge is -2.12. The minimum absolute atomic E-state index is 0.0947. The maximum atomic E-state index is 11.7. The molecule has 0 radical (unpaired) electrons. The van der Waals surface area contributed by atoms with Gasteiger partial charge in [0.1, 0.15) is 10.8 Å². The number of benzene rings is 1. The third-order valence-corrected chi connectivity index (χ3v) is 3.41. The van der Waals surface area contributed by atoms with E-state index in [0.717, 1.165) is 4.57 Å². The fourth-order valence-corrected chi connectivity index (χ4v) is 1.82. The van der Waals surface area contributed by atoms with Crippen molar-refractivity contribution in [2.75, 3.05) is 0 Å². The van der Waals surface area contributed by atoms with E-state index >= 15 is 0 Å². The molecule has 0 amide bonds. The van der Waals surface area contributed by atoms with Crippen molar-refractivity contribution >= 4 is 23.2 Å². The molecule has 5 nitrogen and oxygen atoms in total. The average Bonchev–Trinajstić information content (AvgIpc) is 2.38. The Balaban J connectivity index is 2.54. The number of nitrogens with zero attached hydrogens (tertiary/aromatic N) is 2. The van der Waals surface area contributed by atoms with E-state index in [9.17, 15) is 9.59 Å². The average molecular weight is 301 g/mol. The Bertz CT molecular complexity index is 750. The number of ether oxygens (including phenoxy) is 1. The van der Waals surface area contributed by atoms with Crippen LogP contribution in [0.5, 0.6) is 11.6 Å². The Kier molecular flexibility index (Phi) is 3.68. The molecule has 2 rings (SSSR count). The van der Waals surface area contributed by atoms with E-state index in [0.29, 0.717) is 5.02 Å². The largest absolute Gasteiger partial charge is 0.439 e. The molecular weight excluding hydrogens is 291 g/mol. The lowest BCUT2D eigenvalue weighted by atomic mass is 10.3. The van der Waals surface area contributed by atoms with Gasteiger partial charge in [-0.1, -0.05) is 29.3 Å². The zero-order valence-electron chi connectivity index (χ0n) is 10.2. The van der Waals surface area contributed by atoms with Crippen LogP contribution in [0.4, 0.5) is 0 Å². The van der Waals surface area contributed by atoms with Crippen molar-refractivity contribution in [2.24, 2.45) is 14.1 Å². The summed E-state index contributed by atoms with van der Waals surface area (Å²) in [6.45, 7) is 0. The molecule has 7 heteroatoms. The second-order valence-electron chi connectivity index (χ2n) is 3.88. The van der Waals surface area contributed by atoms with Crippen molar-refractivity contribution in [3.8, 4) is 11.6 Å². The maximum absolute atomic E-state index is 11.7. The minimum atomic E-state index is -0.486. The van der Waals surface area contributed by atoms with Crippen LogP contribution in [0.15, 0.2) is 33.9 Å². The highest BCUT2D eigenvalue weighted by molar-refractivity contribution is 6.42. The molecule has 0 atom stereocenters. The Labute approximate surface area is 118 Å². The smallest absolute Gasteiger partial charge is 0.333 e. The molecule has 100 valence electrons. The molecule has 19 heavy (non-hydrogen) atoms. The van der Waals surface area contributed by atoms with Gasteiger partial charge in [0, 0.05) is 14.1 Å². The topological polar surface area (TPSA) is 53.2 Å². The van der Waals surface area contributed by atoms with Gasteiger partial charge in [-0.15, -0.1) is 0 Å². The zero-order chi connectivity index (χ0) is 14.2. The normalized spacial score (nSPS) is 10.5. The van der Waals surface area contributed by atoms with Crippen LogP contribution in [0.2, 0.25) is 10.0 Å². The van der Waals surface area contributed by atoms with Crippen molar-refractivity contribution in [3.63, 3.8) is 0 Å². The monoisotopic (exact) mass is 300 g/mol. The summed E-state index contributed by atoms with van der Waals surface area (Å²) in [6.07, 6.45) is 0. The van der Waals surface area contributed by atoms with Crippen LogP contribution < -0.4 is 16.0 Å². The van der Waals surface area contributed by atoms with Gasteiger partial charge in [0.15, 0.2) is 0 Å². The first-order chi connectivity index (χ1) is 8.91. The molecular formula is C12H10Cl2N2O3. The highest BCUT2D eigenvalue weighted by Crippen LogP contribution is 2.33. The van der Waals surface area contributed by atoms with E-state index in [1.807, 2.05) is 0 Å². The number of hydrogen-bond donors (Lipinski definition) is 0. The van der Waals surface area contributed by atoms with Crippen molar-refractivity contribution < 1.29 is 4.74 Å². The molecule has 0 bridgehead atoms. The minimum Gasteiger partial charge on any atom is -0.439 e. The van der Waals surface area contributed by atoms with Gasteiger partial charge in [-0.25, -0.2) is 4.79 Å². The van der Waals surface area contributed by atoms with Crippen molar-refractivity contribution in [3.05, 3.63) is 55.1 Å². The SMILES string of the molecule is Cn1c(Oc2cccc(Cl)c2Cl)cc(=O)n(C)c1=O. The second kappa shape index (κ2) is 5.11. The summed E-state index contributed by atoms with van der Waals surface area (Å²) in [7, 11) is 2.89. The van der Waals surface area contributed by atoms with Gasteiger partial charge in [0.05, 0.1) is 11.1 Å². The summed E-state index contributed by atoms with van der Waals surface area (Å²) in [5.41, 5.74) is -0.947. The van der Waals surface area contributed by atoms with Crippen LogP contribution in [0.1, 0.15) is 0 Å². The Morgan fingerprint density at radius 2 is 1.79 bits per heavy atom. The quantitative estimate of drug-likeness (QED) is 0.854. The molecule has 0 aliphatic rings. The van der Waals surface area contributed by atoms with E-state index in [-0.39, 0.29) is 16.7 Å². The van der Waals surface area contributed by atoms with Crippen LogP contribution in [0, 0.1) is 0 Å². The fourth-order valence-electron chi connectivity index (χ4n) is 1.49. The Morgan fingerprint density at radius 1 is 1.11 bits per heavy atom. The van der Waals surface area contributed by atoms with Crippen LogP contribution in [-0.4, -0.2) is 9.13 Å². The summed E-state index contributed by atoms with van der Waals surface area (Å²) < 4.78 is 7.66. The van der Waals surface area contributed by atoms with E-state index in [2.05, 4.69) is 0 Å². The van der Waals surface area contributed by atoms with Crippen molar-refractivity contribution in [2.45, 2.75) is 0 Å². The van der Waals surface area contributed by atoms with Crippen LogP contribution >= 0.6 is 23.2 Å². The molecule has 0 unspecified atom stereocenters. The number of halogens is 2. The van der Waals surface area contributed by atoms with E-state index < -0.39 is 11.2 Å². The van der Waals surface area contributed by atoms with Gasteiger partial charge in [-0.2, -0.15) is 0 Å². The number of aromatic nitrogens is 2. The second-order valence-corrected chi connectivity index (χ2v) is 4.66. The third kappa shape index (κ3) is 2.52. The van der Waals surface area contributed by atoms with Crippen molar-refractivity contribution in [1.82, 2.24) is 9.13 Å². The highest BCUT2D eigenvalue weighted by Gasteiger charge is 2.11. The van der Waals surface area contributed by atoms with Gasteiger partial charge < -0.3 is 4.74 Å². The highest BCUT2D eigenvalue weighted by atomic mass is 35.5. The molecule has 1 heterocycles. The predicted octanol–water partition coefficient (Wildman–Crippen LogP) is 2.18. The molecule has 0 saturated heterocycles. The molecule has 1 aromatic carbocycles. The van der Waals surface area contributed by atoms with Gasteiger partial charge in [0.25, 0.3) is 5.56 Å². The van der Waals surface area contributed by atoms with E-state index in [4.69, 9.17) is 27.9 Å². The molecule has 0 aliphatic heterocycles. The first kappa shape index (κ1) is 13.7. The summed E-state index contributed by atoms with van der Waals surface area (Å²) in [6, 6.07) is 6.07. The van der Waals surface area contributed by atoms with Gasteiger partial charge in [-0.3, -0.25) is 13.9 Å². The van der Waals surface area contributed by atoms with Crippen LogP contribution in [0.3, 0.4) is 0 Å². The summed E-state index contributed by atoms with van der Waals surface area (Å²) >= 11 is 11.8. The summed E-state index contributed by atoms with van der Waals surface area (Å²) in [4.78, 5) is 23.3. The van der Waals surface area contributed by atoms with E-state index in [1.165, 1.54) is 24.7 Å². The molecule has 0 N–H and O–H groups in total. The molecule has 0 fully saturated rings. The lowest BCUT2D eigenvalue weighted by Crippen LogP contribution is -2.36. The molecule has 2 aromatic rings. The number of rotatable bonds is 2. The fraction of sp³-hybridized carbons (Fsp3) is 0.167. The summed E-state index contributed by atoms with van der Waals surface area (Å²) in [5, 5.41) is 0.547. The van der Waals surface area contributed by atoms with Crippen molar-refractivity contribution in [1.29, 1.82) is 0 Å². The van der Waals surface area contributed by atoms with Crippen LogP contribution in [0.25, 0.3) is 0 Å². The molecule has 1 aromatic heterocycles. The molecule has 0 aliphatic carbocycles. The first-order valence-corrected chi connectivity index (χ1v) is 6.06. The number of hydrogen-bond acceptors (Lipinski definition) is 3. The van der Waals surface area contributed by atoms with Gasteiger partial charge in [-0.05, 0) is 12.1 Å². The predicted molar refractivity (Wildman–Crippen MR) is 73.5 cm³/mol. The van der Waals surface area contributed by atoms with Gasteiger partial charge >= 0.3 is 5.69 Å². The summed E-state index contributed by atoms with van der Waals surface area (Å²) in [5.74, 6) is 0.370. The molecule has 0 spiro atoms. The Hall–Kier alpha value is -1.72. The molecule has 0 saturated carbocycles. The van der Waals surface area contributed by atoms with Gasteiger partial charge in [0.2, 0.25) is 5.88 Å². The third-order valence-electron chi connectivity index (χ3n) is 2.61. The van der Waals surface area contributed by atoms with E-state index in [1.54, 1.807) is 18.2 Å². The zero-order valence-corrected chi connectivity index (χ0v) is 11.7. The first-order valence-electron chi connectivity index (χ1n) is 5.30. The van der Waals surface area contributed by atoms with Crippen LogP contribution in [-0.2, 0) is 14.1 Å². The maximum Gasteiger partial charge on any atom is 0.333 e. The lowest BCUT2D eigenvalue weighted by molar-refractivity contribution is 0.423. The standard InChI is InChI=1S/C12H10Cl2N2O3/c1-15-9(17)6-10(16(2)12(15)18)19-8-5-3-4-7(13)11(8)14/h3-6H,1-2H3.